The second kappa shape index (κ2) is 6.02. The maximum absolute atomic E-state index is 9.21. The van der Waals surface area contributed by atoms with Crippen molar-refractivity contribution in [2.24, 2.45) is 5.92 Å². The van der Waals surface area contributed by atoms with Gasteiger partial charge in [0.1, 0.15) is 0 Å². The molecule has 1 aliphatic rings. The number of allylic oxidation sites excluding steroid dienone is 1. The Kier molecular flexibility index (Phi) is 5.32. The van der Waals surface area contributed by atoms with Crippen molar-refractivity contribution in [2.75, 3.05) is 0 Å². The zero-order valence-electron chi connectivity index (χ0n) is 8.30. The first kappa shape index (κ1) is 11.5. The lowest BCUT2D eigenvalue weighted by molar-refractivity contribution is 0.198. The van der Waals surface area contributed by atoms with Crippen LogP contribution in [0.25, 0.3) is 0 Å². The van der Waals surface area contributed by atoms with Gasteiger partial charge >= 0.3 is 0 Å². The fraction of sp³-hybridized carbons (Fsp3) is 0.818. The molecule has 2 heteroatoms. The van der Waals surface area contributed by atoms with Crippen molar-refractivity contribution >= 4 is 22.6 Å². The van der Waals surface area contributed by atoms with E-state index in [1.165, 1.54) is 35.7 Å². The van der Waals surface area contributed by atoms with Crippen molar-refractivity contribution in [2.45, 2.75) is 51.6 Å². The molecule has 1 unspecified atom stereocenters. The Labute approximate surface area is 94.7 Å². The number of aliphatic hydroxyl groups is 1. The summed E-state index contributed by atoms with van der Waals surface area (Å²) < 4.78 is 1.33. The Hall–Kier alpha value is 0.430. The van der Waals surface area contributed by atoms with Gasteiger partial charge in [0.2, 0.25) is 0 Å². The third-order valence-corrected chi connectivity index (χ3v) is 3.36. The number of hydrogen-bond acceptors (Lipinski definition) is 1. The average Bonchev–Trinajstić information content (AvgIpc) is 2.04. The summed E-state index contributed by atoms with van der Waals surface area (Å²) in [4.78, 5) is 0. The molecule has 76 valence electrons. The monoisotopic (exact) mass is 294 g/mol. The Morgan fingerprint density at radius 2 is 2.08 bits per heavy atom. The highest BCUT2D eigenvalue weighted by Gasteiger charge is 2.11. The summed E-state index contributed by atoms with van der Waals surface area (Å²) in [5, 5.41) is 9.21. The molecule has 0 bridgehead atoms. The van der Waals surface area contributed by atoms with Gasteiger partial charge in [0.05, 0.1) is 6.10 Å². The molecule has 0 aliphatic heterocycles. The maximum Gasteiger partial charge on any atom is 0.0556 e. The Balaban J connectivity index is 2.34. The lowest BCUT2D eigenvalue weighted by Gasteiger charge is -2.18. The van der Waals surface area contributed by atoms with Gasteiger partial charge in [-0.1, -0.05) is 25.3 Å². The van der Waals surface area contributed by atoms with Crippen molar-refractivity contribution < 1.29 is 5.11 Å². The third kappa shape index (κ3) is 5.01. The molecule has 0 heterocycles. The van der Waals surface area contributed by atoms with Crippen LogP contribution in [0.4, 0.5) is 0 Å². The van der Waals surface area contributed by atoms with Crippen molar-refractivity contribution in [1.29, 1.82) is 0 Å². The van der Waals surface area contributed by atoms with Crippen LogP contribution >= 0.6 is 22.6 Å². The number of halogens is 1. The molecule has 1 saturated carbocycles. The van der Waals surface area contributed by atoms with Gasteiger partial charge in [0, 0.05) is 6.42 Å². The van der Waals surface area contributed by atoms with E-state index in [1.807, 2.05) is 6.92 Å². The van der Waals surface area contributed by atoms with Gasteiger partial charge in [-0.3, -0.25) is 0 Å². The van der Waals surface area contributed by atoms with Gasteiger partial charge in [-0.05, 0) is 51.9 Å². The predicted octanol–water partition coefficient (Wildman–Crippen LogP) is 3.66. The number of hydrogen-bond donors (Lipinski definition) is 1. The summed E-state index contributed by atoms with van der Waals surface area (Å²) in [6.45, 7) is 1.85. The van der Waals surface area contributed by atoms with Gasteiger partial charge < -0.3 is 5.11 Å². The van der Waals surface area contributed by atoms with Gasteiger partial charge in [0.15, 0.2) is 0 Å². The fourth-order valence-electron chi connectivity index (χ4n) is 1.91. The van der Waals surface area contributed by atoms with Gasteiger partial charge in [-0.25, -0.2) is 0 Å². The Morgan fingerprint density at radius 3 is 2.62 bits per heavy atom. The number of aliphatic hydroxyl groups excluding tert-OH is 1. The summed E-state index contributed by atoms with van der Waals surface area (Å²) in [5.74, 6) is 0.791. The number of rotatable bonds is 3. The van der Waals surface area contributed by atoms with E-state index >= 15 is 0 Å². The average molecular weight is 294 g/mol. The zero-order chi connectivity index (χ0) is 9.68. The molecule has 0 spiro atoms. The molecule has 0 saturated heterocycles. The van der Waals surface area contributed by atoms with Crippen LogP contribution in [-0.2, 0) is 0 Å². The molecular weight excluding hydrogens is 275 g/mol. The van der Waals surface area contributed by atoms with Crippen LogP contribution in [0.15, 0.2) is 9.66 Å². The third-order valence-electron chi connectivity index (χ3n) is 2.56. The van der Waals surface area contributed by atoms with Crippen LogP contribution in [0.2, 0.25) is 0 Å². The normalized spacial score (nSPS) is 23.2. The second-order valence-electron chi connectivity index (χ2n) is 4.06. The van der Waals surface area contributed by atoms with Crippen molar-refractivity contribution in [3.8, 4) is 0 Å². The molecule has 1 aliphatic carbocycles. The minimum atomic E-state index is -0.188. The van der Waals surface area contributed by atoms with E-state index in [4.69, 9.17) is 0 Å². The standard InChI is InChI=1S/C11H19IO/c1-9(13)7-11(12)8-10-5-3-2-4-6-10/h8-10,13H,2-7H2,1H3/b11-8-. The minimum absolute atomic E-state index is 0.188. The second-order valence-corrected chi connectivity index (χ2v) is 5.45. The van der Waals surface area contributed by atoms with Crippen LogP contribution in [-0.4, -0.2) is 11.2 Å². The van der Waals surface area contributed by atoms with Crippen LogP contribution in [0.1, 0.15) is 45.4 Å². The molecule has 0 amide bonds. The maximum atomic E-state index is 9.21. The fourth-order valence-corrected chi connectivity index (χ4v) is 3.05. The van der Waals surface area contributed by atoms with Crippen molar-refractivity contribution in [3.63, 3.8) is 0 Å². The Bertz CT molecular complexity index is 169. The lowest BCUT2D eigenvalue weighted by Crippen LogP contribution is -2.05. The van der Waals surface area contributed by atoms with E-state index in [-0.39, 0.29) is 6.10 Å². The summed E-state index contributed by atoms with van der Waals surface area (Å²) >= 11 is 2.36. The van der Waals surface area contributed by atoms with E-state index in [0.717, 1.165) is 12.3 Å². The van der Waals surface area contributed by atoms with Crippen molar-refractivity contribution in [1.82, 2.24) is 0 Å². The smallest absolute Gasteiger partial charge is 0.0556 e. The zero-order valence-corrected chi connectivity index (χ0v) is 10.5. The molecule has 1 N–H and O–H groups in total. The molecule has 0 aromatic rings. The molecule has 0 aromatic carbocycles. The minimum Gasteiger partial charge on any atom is -0.393 e. The molecular formula is C11H19IO. The van der Waals surface area contributed by atoms with Crippen LogP contribution < -0.4 is 0 Å². The van der Waals surface area contributed by atoms with Crippen LogP contribution in [0.3, 0.4) is 0 Å². The molecule has 1 nitrogen and oxygen atoms in total. The van der Waals surface area contributed by atoms with Crippen molar-refractivity contribution in [3.05, 3.63) is 9.66 Å². The van der Waals surface area contributed by atoms with E-state index in [9.17, 15) is 5.11 Å². The summed E-state index contributed by atoms with van der Waals surface area (Å²) in [7, 11) is 0. The first-order chi connectivity index (χ1) is 6.18. The highest BCUT2D eigenvalue weighted by Crippen LogP contribution is 2.28. The van der Waals surface area contributed by atoms with Gasteiger partial charge in [-0.15, -0.1) is 0 Å². The highest BCUT2D eigenvalue weighted by atomic mass is 127. The van der Waals surface area contributed by atoms with Gasteiger partial charge in [0.25, 0.3) is 0 Å². The molecule has 0 aromatic heterocycles. The quantitative estimate of drug-likeness (QED) is 0.788. The first-order valence-electron chi connectivity index (χ1n) is 5.22. The summed E-state index contributed by atoms with van der Waals surface area (Å²) in [5.41, 5.74) is 0. The Morgan fingerprint density at radius 1 is 1.46 bits per heavy atom. The van der Waals surface area contributed by atoms with E-state index < -0.39 is 0 Å². The first-order valence-corrected chi connectivity index (χ1v) is 6.30. The molecule has 13 heavy (non-hydrogen) atoms. The largest absolute Gasteiger partial charge is 0.393 e. The van der Waals surface area contributed by atoms with E-state index in [0.29, 0.717) is 0 Å². The molecule has 1 fully saturated rings. The van der Waals surface area contributed by atoms with Crippen LogP contribution in [0, 0.1) is 5.92 Å². The van der Waals surface area contributed by atoms with Crippen LogP contribution in [0.5, 0.6) is 0 Å². The molecule has 1 rings (SSSR count). The summed E-state index contributed by atoms with van der Waals surface area (Å²) in [6, 6.07) is 0. The van der Waals surface area contributed by atoms with E-state index in [2.05, 4.69) is 28.7 Å². The van der Waals surface area contributed by atoms with E-state index in [1.54, 1.807) is 0 Å². The molecule has 1 atom stereocenters. The molecule has 0 radical (unpaired) electrons. The lowest BCUT2D eigenvalue weighted by atomic mass is 9.89. The summed E-state index contributed by atoms with van der Waals surface area (Å²) in [6.07, 6.45) is 9.91. The SMILES string of the molecule is CC(O)C/C(I)=C/C1CCCCC1. The highest BCUT2D eigenvalue weighted by molar-refractivity contribution is 14.1. The predicted molar refractivity (Wildman–Crippen MR) is 65.0 cm³/mol. The van der Waals surface area contributed by atoms with Gasteiger partial charge in [-0.2, -0.15) is 0 Å². The topological polar surface area (TPSA) is 20.2 Å².